The number of aliphatic hydroxyl groups excluding tert-OH is 1. The molecule has 0 saturated carbocycles. The van der Waals surface area contributed by atoms with E-state index in [1.807, 2.05) is 6.07 Å². The molecule has 1 atom stereocenters. The van der Waals surface area contributed by atoms with Crippen LogP contribution in [-0.2, 0) is 6.42 Å². The average Bonchev–Trinajstić information content (AvgIpc) is 2.85. The van der Waals surface area contributed by atoms with Gasteiger partial charge in [-0.05, 0) is 32.0 Å². The van der Waals surface area contributed by atoms with Crippen molar-refractivity contribution in [2.24, 2.45) is 0 Å². The van der Waals surface area contributed by atoms with Crippen LogP contribution in [0, 0.1) is 0 Å². The van der Waals surface area contributed by atoms with E-state index < -0.39 is 17.3 Å². The van der Waals surface area contributed by atoms with Crippen LogP contribution in [0.1, 0.15) is 19.4 Å². The first-order valence-corrected chi connectivity index (χ1v) is 6.69. The maximum atomic E-state index is 11.5. The smallest absolute Gasteiger partial charge is 0.336 e. The van der Waals surface area contributed by atoms with E-state index in [1.54, 1.807) is 18.4 Å². The highest BCUT2D eigenvalue weighted by Gasteiger charge is 2.27. The first-order valence-electron chi connectivity index (χ1n) is 6.69. The van der Waals surface area contributed by atoms with Crippen LogP contribution in [0.2, 0.25) is 0 Å². The van der Waals surface area contributed by atoms with Crippen molar-refractivity contribution in [3.8, 4) is 0 Å². The van der Waals surface area contributed by atoms with Gasteiger partial charge in [0.25, 0.3) is 0 Å². The Morgan fingerprint density at radius 2 is 1.90 bits per heavy atom. The Hall–Kier alpha value is -2.11. The van der Waals surface area contributed by atoms with Gasteiger partial charge in [0.15, 0.2) is 0 Å². The molecule has 0 aliphatic heterocycles. The number of rotatable bonds is 3. The molecule has 110 valence electrons. The van der Waals surface area contributed by atoms with Crippen molar-refractivity contribution < 1.29 is 19.0 Å². The number of hydrogen-bond donors (Lipinski definition) is 2. The lowest BCUT2D eigenvalue weighted by molar-refractivity contribution is -0.0468. The summed E-state index contributed by atoms with van der Waals surface area (Å²) in [6, 6.07) is 6.69. The summed E-state index contributed by atoms with van der Waals surface area (Å²) in [5.41, 5.74) is -0.212. The Balaban J connectivity index is 2.27. The Labute approximate surface area is 120 Å². The van der Waals surface area contributed by atoms with Crippen LogP contribution in [0.15, 0.2) is 44.2 Å². The van der Waals surface area contributed by atoms with Gasteiger partial charge < -0.3 is 19.0 Å². The predicted octanol–water partition coefficient (Wildman–Crippen LogP) is 2.21. The molecule has 21 heavy (non-hydrogen) atoms. The van der Waals surface area contributed by atoms with Gasteiger partial charge in [0.2, 0.25) is 0 Å². The Kier molecular flexibility index (Phi) is 3.11. The number of furan rings is 1. The molecule has 5 heteroatoms. The maximum absolute atomic E-state index is 11.5. The molecule has 0 bridgehead atoms. The Bertz CT molecular complexity index is 850. The Morgan fingerprint density at radius 1 is 1.19 bits per heavy atom. The number of aliphatic hydroxyl groups is 2. The van der Waals surface area contributed by atoms with Crippen LogP contribution in [0.3, 0.4) is 0 Å². The molecule has 2 heterocycles. The normalized spacial score (nSPS) is 13.9. The molecule has 5 nitrogen and oxygen atoms in total. The molecule has 0 amide bonds. The van der Waals surface area contributed by atoms with Gasteiger partial charge in [-0.25, -0.2) is 4.79 Å². The monoisotopic (exact) mass is 288 g/mol. The minimum atomic E-state index is -1.27. The summed E-state index contributed by atoms with van der Waals surface area (Å²) in [6.07, 6.45) is 0.654. The largest absolute Gasteiger partial charge is 0.464 e. The molecule has 2 N–H and O–H groups in total. The quantitative estimate of drug-likeness (QED) is 0.722. The molecule has 0 aliphatic rings. The van der Waals surface area contributed by atoms with E-state index in [2.05, 4.69) is 0 Å². The second kappa shape index (κ2) is 4.72. The molecule has 0 aliphatic carbocycles. The van der Waals surface area contributed by atoms with Gasteiger partial charge in [-0.15, -0.1) is 0 Å². The topological polar surface area (TPSA) is 83.8 Å². The van der Waals surface area contributed by atoms with Crippen LogP contribution in [0.25, 0.3) is 21.9 Å². The van der Waals surface area contributed by atoms with Crippen molar-refractivity contribution in [2.45, 2.75) is 32.0 Å². The van der Waals surface area contributed by atoms with Gasteiger partial charge in [0, 0.05) is 28.8 Å². The van der Waals surface area contributed by atoms with Gasteiger partial charge in [-0.1, -0.05) is 0 Å². The zero-order valence-electron chi connectivity index (χ0n) is 11.8. The zero-order valence-corrected chi connectivity index (χ0v) is 11.8. The lowest BCUT2D eigenvalue weighted by Gasteiger charge is -2.24. The number of benzene rings is 1. The fraction of sp³-hybridized carbons (Fsp3) is 0.312. The van der Waals surface area contributed by atoms with Gasteiger partial charge in [-0.2, -0.15) is 0 Å². The summed E-state index contributed by atoms with van der Waals surface area (Å²) in [5, 5.41) is 21.7. The van der Waals surface area contributed by atoms with Gasteiger partial charge in [0.1, 0.15) is 11.2 Å². The summed E-state index contributed by atoms with van der Waals surface area (Å²) in [7, 11) is 0. The fourth-order valence-electron chi connectivity index (χ4n) is 2.35. The zero-order chi connectivity index (χ0) is 15.2. The Morgan fingerprint density at radius 3 is 2.62 bits per heavy atom. The van der Waals surface area contributed by atoms with Gasteiger partial charge in [-0.3, -0.25) is 0 Å². The van der Waals surface area contributed by atoms with Crippen molar-refractivity contribution in [3.05, 3.63) is 46.5 Å². The van der Waals surface area contributed by atoms with E-state index in [0.29, 0.717) is 16.7 Å². The van der Waals surface area contributed by atoms with E-state index in [9.17, 15) is 15.0 Å². The van der Waals surface area contributed by atoms with Crippen molar-refractivity contribution in [1.29, 1.82) is 0 Å². The van der Waals surface area contributed by atoms with E-state index in [4.69, 9.17) is 8.83 Å². The van der Waals surface area contributed by atoms with Crippen LogP contribution in [0.5, 0.6) is 0 Å². The van der Waals surface area contributed by atoms with Crippen molar-refractivity contribution in [2.75, 3.05) is 0 Å². The summed E-state index contributed by atoms with van der Waals surface area (Å²) in [6.45, 7) is 3.05. The summed E-state index contributed by atoms with van der Waals surface area (Å²) < 4.78 is 10.7. The molecular weight excluding hydrogens is 272 g/mol. The molecule has 1 aromatic carbocycles. The molecule has 0 spiro atoms. The van der Waals surface area contributed by atoms with Crippen LogP contribution in [0.4, 0.5) is 0 Å². The maximum Gasteiger partial charge on any atom is 0.336 e. The summed E-state index contributed by atoms with van der Waals surface area (Å²) in [4.78, 5) is 11.5. The molecule has 0 unspecified atom stereocenters. The summed E-state index contributed by atoms with van der Waals surface area (Å²) >= 11 is 0. The molecule has 0 saturated heterocycles. The second-order valence-corrected chi connectivity index (χ2v) is 5.74. The highest BCUT2D eigenvalue weighted by Crippen LogP contribution is 2.30. The molecule has 2 aromatic heterocycles. The molecule has 0 radical (unpaired) electrons. The van der Waals surface area contributed by atoms with Crippen molar-refractivity contribution in [3.63, 3.8) is 0 Å². The van der Waals surface area contributed by atoms with Crippen LogP contribution >= 0.6 is 0 Å². The molecule has 3 rings (SSSR count). The van der Waals surface area contributed by atoms with Crippen molar-refractivity contribution in [1.82, 2.24) is 0 Å². The van der Waals surface area contributed by atoms with E-state index in [-0.39, 0.29) is 6.42 Å². The second-order valence-electron chi connectivity index (χ2n) is 5.74. The third kappa shape index (κ3) is 2.46. The average molecular weight is 288 g/mol. The predicted molar refractivity (Wildman–Crippen MR) is 78.3 cm³/mol. The molecule has 3 aromatic rings. The SMILES string of the molecule is CC(C)(O)[C@@H](O)Cc1c2occc2cc2ccc(=O)oc12. The van der Waals surface area contributed by atoms with E-state index >= 15 is 0 Å². The fourth-order valence-corrected chi connectivity index (χ4v) is 2.35. The van der Waals surface area contributed by atoms with Crippen LogP contribution in [-0.4, -0.2) is 21.9 Å². The highest BCUT2D eigenvalue weighted by molar-refractivity contribution is 5.96. The first kappa shape index (κ1) is 13.9. The van der Waals surface area contributed by atoms with Crippen LogP contribution < -0.4 is 5.63 Å². The molecule has 0 fully saturated rings. The standard InChI is InChI=1S/C16H16O5/c1-16(2,19)12(17)8-11-14-10(5-6-20-14)7-9-3-4-13(18)21-15(9)11/h3-7,12,17,19H,8H2,1-2H3/t12-/m0/s1. The number of hydrogen-bond acceptors (Lipinski definition) is 5. The third-order valence-corrected chi connectivity index (χ3v) is 3.63. The van der Waals surface area contributed by atoms with E-state index in [0.717, 1.165) is 10.8 Å². The van der Waals surface area contributed by atoms with Gasteiger partial charge in [0.05, 0.1) is 18.0 Å². The minimum Gasteiger partial charge on any atom is -0.464 e. The van der Waals surface area contributed by atoms with Gasteiger partial charge >= 0.3 is 5.63 Å². The van der Waals surface area contributed by atoms with Crippen molar-refractivity contribution >= 4 is 21.9 Å². The summed E-state index contributed by atoms with van der Waals surface area (Å²) in [5.74, 6) is 0. The highest BCUT2D eigenvalue weighted by atomic mass is 16.4. The third-order valence-electron chi connectivity index (χ3n) is 3.63. The number of fused-ring (bicyclic) bond motifs is 2. The van der Waals surface area contributed by atoms with E-state index in [1.165, 1.54) is 19.9 Å². The lowest BCUT2D eigenvalue weighted by Crippen LogP contribution is -2.37. The minimum absolute atomic E-state index is 0.123. The first-order chi connectivity index (χ1) is 9.86. The molecular formula is C16H16O5. The lowest BCUT2D eigenvalue weighted by atomic mass is 9.93.